The first-order valence-corrected chi connectivity index (χ1v) is 16.8. The highest BCUT2D eigenvalue weighted by atomic mass is 35.5. The van der Waals surface area contributed by atoms with Crippen LogP contribution in [-0.4, -0.2) is 54.5 Å². The lowest BCUT2D eigenvalue weighted by Gasteiger charge is -2.46. The molecular formula is C33H30ClF3N2O7S. The third-order valence-corrected chi connectivity index (χ3v) is 12.0. The second-order valence-electron chi connectivity index (χ2n) is 12.1. The number of nitrogens with one attached hydrogen (secondary N) is 1. The smallest absolute Gasteiger partial charge is 0.293 e. The number of aliphatic hydroxyl groups is 1. The summed E-state index contributed by atoms with van der Waals surface area (Å²) in [5.41, 5.74) is -0.479. The van der Waals surface area contributed by atoms with Crippen molar-refractivity contribution >= 4 is 39.5 Å². The number of carbonyl (C=O) groups excluding carboxylic acids is 2. The van der Waals surface area contributed by atoms with E-state index in [1.54, 1.807) is 5.06 Å². The highest BCUT2D eigenvalue weighted by Crippen LogP contribution is 2.54. The molecule has 5 atom stereocenters. The Bertz CT molecular complexity index is 1810. The summed E-state index contributed by atoms with van der Waals surface area (Å²) in [6.07, 6.45) is 2.69. The van der Waals surface area contributed by atoms with Crippen LogP contribution in [0.3, 0.4) is 0 Å². The van der Waals surface area contributed by atoms with E-state index in [0.717, 1.165) is 11.6 Å². The number of carbonyl (C=O) groups is 2. The van der Waals surface area contributed by atoms with Gasteiger partial charge in [0.25, 0.3) is 12.4 Å². The van der Waals surface area contributed by atoms with Gasteiger partial charge in [0.1, 0.15) is 18.9 Å². The number of benzene rings is 3. The molecule has 47 heavy (non-hydrogen) atoms. The minimum Gasteiger partial charge on any atom is -0.463 e. The summed E-state index contributed by atoms with van der Waals surface area (Å²) in [6, 6.07) is 13.6. The Kier molecular flexibility index (Phi) is 9.09. The molecule has 1 heterocycles. The van der Waals surface area contributed by atoms with Crippen LogP contribution < -0.4 is 5.32 Å². The summed E-state index contributed by atoms with van der Waals surface area (Å²) in [6.45, 7) is 0.511. The normalized spacial score (nSPS) is 25.6. The predicted molar refractivity (Wildman–Crippen MR) is 164 cm³/mol. The number of rotatable bonds is 10. The Morgan fingerprint density at radius 2 is 1.72 bits per heavy atom. The van der Waals surface area contributed by atoms with Crippen molar-refractivity contribution in [2.24, 2.45) is 11.8 Å². The molecule has 0 aromatic heterocycles. The topological polar surface area (TPSA) is 122 Å². The van der Waals surface area contributed by atoms with Gasteiger partial charge in [-0.05, 0) is 61.3 Å². The number of amides is 1. The third kappa shape index (κ3) is 6.37. The molecule has 9 nitrogen and oxygen atoms in total. The fourth-order valence-electron chi connectivity index (χ4n) is 7.33. The molecule has 3 aromatic carbocycles. The molecule has 2 saturated carbocycles. The van der Waals surface area contributed by atoms with Gasteiger partial charge in [-0.2, -0.15) is 0 Å². The lowest BCUT2D eigenvalue weighted by Crippen LogP contribution is -2.57. The van der Waals surface area contributed by atoms with Gasteiger partial charge in [0.15, 0.2) is 27.3 Å². The van der Waals surface area contributed by atoms with Crippen molar-refractivity contribution in [3.63, 3.8) is 0 Å². The standard InChI is InChI=1S/C33H30ClF3N2O7S/c34-25-9-8-20(32(41)38-24-11-26(35)29(37)27(36)12-24)10-28(25)47(43,44)30-21-6-7-22(30)14-33(42,13-21)31-23(16-45-18-40)17-46-39(31)15-19-4-2-1-3-5-19/h1-5,8-12,17-18,21-22,30-31,42H,6-7,13-16H2,(H,38,41)/t21-,22?,30?,31?,33?/m0/s1. The molecule has 3 aliphatic rings. The van der Waals surface area contributed by atoms with Crippen LogP contribution in [-0.2, 0) is 30.8 Å². The first kappa shape index (κ1) is 33.0. The van der Waals surface area contributed by atoms with Crippen molar-refractivity contribution in [1.29, 1.82) is 0 Å². The lowest BCUT2D eigenvalue weighted by atomic mass is 9.71. The monoisotopic (exact) mass is 690 g/mol. The van der Waals surface area contributed by atoms with Gasteiger partial charge in [-0.1, -0.05) is 41.9 Å². The van der Waals surface area contributed by atoms with Crippen molar-refractivity contribution in [2.45, 2.75) is 54.0 Å². The second kappa shape index (κ2) is 12.9. The van der Waals surface area contributed by atoms with Gasteiger partial charge in [-0.25, -0.2) is 21.6 Å². The maximum atomic E-state index is 14.2. The van der Waals surface area contributed by atoms with Crippen molar-refractivity contribution < 1.29 is 45.9 Å². The third-order valence-electron chi connectivity index (χ3n) is 9.16. The zero-order valence-electron chi connectivity index (χ0n) is 24.7. The Morgan fingerprint density at radius 3 is 2.36 bits per heavy atom. The highest BCUT2D eigenvalue weighted by molar-refractivity contribution is 7.92. The minimum absolute atomic E-state index is 0.102. The van der Waals surface area contributed by atoms with Crippen LogP contribution in [0.5, 0.6) is 0 Å². The van der Waals surface area contributed by atoms with E-state index in [4.69, 9.17) is 21.2 Å². The van der Waals surface area contributed by atoms with Crippen LogP contribution in [0.4, 0.5) is 18.9 Å². The molecule has 0 saturated heterocycles. The number of fused-ring (bicyclic) bond motifs is 2. The number of nitrogens with zero attached hydrogens (tertiary/aromatic N) is 1. The molecule has 2 fully saturated rings. The zero-order chi connectivity index (χ0) is 33.5. The van der Waals surface area contributed by atoms with Crippen molar-refractivity contribution in [3.8, 4) is 0 Å². The van der Waals surface area contributed by atoms with E-state index in [0.29, 0.717) is 43.6 Å². The Labute approximate surface area is 273 Å². The average Bonchev–Trinajstić information content (AvgIpc) is 3.58. The maximum absolute atomic E-state index is 14.2. The van der Waals surface area contributed by atoms with Crippen LogP contribution in [0.15, 0.2) is 77.4 Å². The molecule has 2 N–H and O–H groups in total. The van der Waals surface area contributed by atoms with E-state index >= 15 is 0 Å². The summed E-state index contributed by atoms with van der Waals surface area (Å²) >= 11 is 6.39. The van der Waals surface area contributed by atoms with E-state index in [9.17, 15) is 36.3 Å². The van der Waals surface area contributed by atoms with E-state index in [2.05, 4.69) is 5.32 Å². The summed E-state index contributed by atoms with van der Waals surface area (Å²) in [4.78, 5) is 29.5. The molecule has 1 aliphatic heterocycles. The van der Waals surface area contributed by atoms with Gasteiger partial charge in [-0.3, -0.25) is 9.59 Å². The largest absolute Gasteiger partial charge is 0.463 e. The van der Waals surface area contributed by atoms with Crippen LogP contribution in [0, 0.1) is 29.3 Å². The number of halogens is 4. The van der Waals surface area contributed by atoms with Gasteiger partial charge < -0.3 is 20.0 Å². The van der Waals surface area contributed by atoms with E-state index in [-0.39, 0.29) is 40.6 Å². The molecule has 4 unspecified atom stereocenters. The average molecular weight is 691 g/mol. The minimum atomic E-state index is -4.16. The fourth-order valence-corrected chi connectivity index (χ4v) is 10.2. The molecule has 1 amide bonds. The summed E-state index contributed by atoms with van der Waals surface area (Å²) in [7, 11) is -4.16. The quantitative estimate of drug-likeness (QED) is 0.209. The highest BCUT2D eigenvalue weighted by Gasteiger charge is 2.59. The Balaban J connectivity index is 1.25. The summed E-state index contributed by atoms with van der Waals surface area (Å²) in [5.74, 6) is -6.54. The maximum Gasteiger partial charge on any atom is 0.293 e. The molecule has 2 bridgehead atoms. The molecule has 2 aliphatic carbocycles. The van der Waals surface area contributed by atoms with Gasteiger partial charge >= 0.3 is 0 Å². The molecule has 6 rings (SSSR count). The predicted octanol–water partition coefficient (Wildman–Crippen LogP) is 5.58. The van der Waals surface area contributed by atoms with Crippen molar-refractivity contribution in [3.05, 3.63) is 106 Å². The molecule has 14 heteroatoms. The lowest BCUT2D eigenvalue weighted by molar-refractivity contribution is -0.179. The number of ether oxygens (including phenoxy) is 1. The first-order valence-electron chi connectivity index (χ1n) is 14.8. The molecule has 0 radical (unpaired) electrons. The molecular weight excluding hydrogens is 661 g/mol. The van der Waals surface area contributed by atoms with Crippen LogP contribution >= 0.6 is 11.6 Å². The van der Waals surface area contributed by atoms with Gasteiger partial charge in [0.2, 0.25) is 0 Å². The van der Waals surface area contributed by atoms with Crippen molar-refractivity contribution in [2.75, 3.05) is 11.9 Å². The Morgan fingerprint density at radius 1 is 1.06 bits per heavy atom. The van der Waals surface area contributed by atoms with Gasteiger partial charge in [-0.15, -0.1) is 5.06 Å². The molecule has 248 valence electrons. The van der Waals surface area contributed by atoms with Crippen LogP contribution in [0.1, 0.15) is 41.6 Å². The summed E-state index contributed by atoms with van der Waals surface area (Å²) < 4.78 is 74.2. The van der Waals surface area contributed by atoms with Gasteiger partial charge in [0, 0.05) is 29.0 Å². The van der Waals surface area contributed by atoms with Crippen LogP contribution in [0.2, 0.25) is 5.02 Å². The summed E-state index contributed by atoms with van der Waals surface area (Å²) in [5, 5.41) is 15.1. The fraction of sp³-hybridized carbons (Fsp3) is 0.333. The number of hydrogen-bond acceptors (Lipinski definition) is 8. The van der Waals surface area contributed by atoms with E-state index in [1.165, 1.54) is 18.4 Å². The number of hydroxylamine groups is 2. The number of sulfone groups is 1. The number of hydrogen-bond donors (Lipinski definition) is 2. The zero-order valence-corrected chi connectivity index (χ0v) is 26.3. The Hall–Kier alpha value is -3.91. The molecule has 0 spiro atoms. The van der Waals surface area contributed by atoms with Gasteiger partial charge in [0.05, 0.1) is 27.3 Å². The SMILES string of the molecule is O=COCC1=CON(Cc2ccccc2)C1C1(O)CC2CC[C@@H](C1)C2S(=O)(=O)c1cc(C(=O)Nc2cc(F)c(F)c(F)c2)ccc1Cl. The first-order chi connectivity index (χ1) is 22.4. The van der Waals surface area contributed by atoms with Crippen molar-refractivity contribution in [1.82, 2.24) is 5.06 Å². The molecule has 3 aromatic rings. The number of anilines is 1. The van der Waals surface area contributed by atoms with E-state index < -0.39 is 61.9 Å². The van der Waals surface area contributed by atoms with Crippen LogP contribution in [0.25, 0.3) is 0 Å². The second-order valence-corrected chi connectivity index (χ2v) is 14.6. The van der Waals surface area contributed by atoms with E-state index in [1.807, 2.05) is 30.3 Å².